The molecule has 25 heavy (non-hydrogen) atoms. The van der Waals surface area contributed by atoms with Crippen LogP contribution in [0.15, 0.2) is 73.1 Å². The van der Waals surface area contributed by atoms with Gasteiger partial charge in [-0.1, -0.05) is 42.5 Å². The Morgan fingerprint density at radius 3 is 2.60 bits per heavy atom. The van der Waals surface area contributed by atoms with Crippen molar-refractivity contribution >= 4 is 28.7 Å². The van der Waals surface area contributed by atoms with Crippen LogP contribution < -0.4 is 11.1 Å². The molecule has 3 N–H and O–H groups in total. The number of thiocarbonyl (C=S) groups is 1. The lowest BCUT2D eigenvalue weighted by Crippen LogP contribution is -2.18. The van der Waals surface area contributed by atoms with Gasteiger partial charge in [-0.2, -0.15) is 5.10 Å². The maximum Gasteiger partial charge on any atom is 0.168 e. The van der Waals surface area contributed by atoms with Gasteiger partial charge in [-0.15, -0.1) is 0 Å². The van der Waals surface area contributed by atoms with E-state index in [0.717, 1.165) is 33.7 Å². The van der Waals surface area contributed by atoms with Crippen LogP contribution in [0.4, 0.5) is 5.69 Å². The molecule has 2 heterocycles. The summed E-state index contributed by atoms with van der Waals surface area (Å²) in [5.41, 5.74) is 11.2. The highest BCUT2D eigenvalue weighted by Crippen LogP contribution is 2.27. The van der Waals surface area contributed by atoms with E-state index in [2.05, 4.69) is 27.5 Å². The van der Waals surface area contributed by atoms with E-state index in [4.69, 9.17) is 18.0 Å². The van der Waals surface area contributed by atoms with E-state index in [-0.39, 0.29) is 5.11 Å². The lowest BCUT2D eigenvalue weighted by molar-refractivity contribution is 0.948. The summed E-state index contributed by atoms with van der Waals surface area (Å²) in [6.07, 6.45) is 3.64. The predicted octanol–water partition coefficient (Wildman–Crippen LogP) is 3.72. The van der Waals surface area contributed by atoms with Gasteiger partial charge in [-0.25, -0.2) is 9.50 Å². The molecule has 0 fully saturated rings. The third-order valence-electron chi connectivity index (χ3n) is 3.91. The molecule has 0 saturated carbocycles. The highest BCUT2D eigenvalue weighted by Gasteiger charge is 2.11. The molecule has 0 saturated heterocycles. The molecule has 0 unspecified atom stereocenters. The zero-order valence-corrected chi connectivity index (χ0v) is 14.1. The van der Waals surface area contributed by atoms with Crippen LogP contribution in [-0.4, -0.2) is 19.7 Å². The Labute approximate surface area is 150 Å². The number of nitrogens with two attached hydrogens (primary N) is 1. The Morgan fingerprint density at radius 2 is 1.80 bits per heavy atom. The van der Waals surface area contributed by atoms with Crippen molar-refractivity contribution in [3.8, 4) is 22.4 Å². The highest BCUT2D eigenvalue weighted by atomic mass is 32.1. The number of hydrogen-bond donors (Lipinski definition) is 2. The fraction of sp³-hybridized carbons (Fsp3) is 0. The molecule has 0 aliphatic carbocycles. The van der Waals surface area contributed by atoms with Crippen molar-refractivity contribution < 1.29 is 0 Å². The first-order chi connectivity index (χ1) is 12.2. The van der Waals surface area contributed by atoms with E-state index in [1.807, 2.05) is 59.2 Å². The van der Waals surface area contributed by atoms with E-state index in [0.29, 0.717) is 0 Å². The van der Waals surface area contributed by atoms with Crippen molar-refractivity contribution in [1.82, 2.24) is 14.6 Å². The topological polar surface area (TPSA) is 68.2 Å². The quantitative estimate of drug-likeness (QED) is 0.554. The maximum absolute atomic E-state index is 5.56. The fourth-order valence-electron chi connectivity index (χ4n) is 2.83. The number of nitrogens with zero attached hydrogens (tertiary/aromatic N) is 3. The minimum atomic E-state index is 0.238. The molecule has 6 heteroatoms. The van der Waals surface area contributed by atoms with Gasteiger partial charge in [0.2, 0.25) is 0 Å². The lowest BCUT2D eigenvalue weighted by atomic mass is 10.1. The summed E-state index contributed by atoms with van der Waals surface area (Å²) in [6.45, 7) is 0. The Morgan fingerprint density at radius 1 is 1.00 bits per heavy atom. The van der Waals surface area contributed by atoms with Gasteiger partial charge in [0.25, 0.3) is 0 Å². The Hall–Kier alpha value is -3.25. The average Bonchev–Trinajstić information content (AvgIpc) is 3.06. The van der Waals surface area contributed by atoms with Crippen molar-refractivity contribution in [1.29, 1.82) is 0 Å². The minimum Gasteiger partial charge on any atom is -0.376 e. The molecule has 0 bridgehead atoms. The minimum absolute atomic E-state index is 0.238. The first-order valence-electron chi connectivity index (χ1n) is 7.77. The number of hydrogen-bond acceptors (Lipinski definition) is 3. The number of aromatic nitrogens is 3. The molecule has 5 nitrogen and oxygen atoms in total. The van der Waals surface area contributed by atoms with Crippen molar-refractivity contribution in [2.75, 3.05) is 5.32 Å². The van der Waals surface area contributed by atoms with Crippen LogP contribution in [0.5, 0.6) is 0 Å². The first-order valence-corrected chi connectivity index (χ1v) is 8.18. The summed E-state index contributed by atoms with van der Waals surface area (Å²) in [5, 5.41) is 7.74. The Balaban J connectivity index is 1.84. The molecule has 0 spiro atoms. The fourth-order valence-corrected chi connectivity index (χ4v) is 2.95. The third-order valence-corrected chi connectivity index (χ3v) is 4.01. The summed E-state index contributed by atoms with van der Waals surface area (Å²) in [5.74, 6) is 0. The van der Waals surface area contributed by atoms with Gasteiger partial charge in [0.1, 0.15) is 0 Å². The highest BCUT2D eigenvalue weighted by molar-refractivity contribution is 7.80. The molecule has 2 aromatic carbocycles. The largest absolute Gasteiger partial charge is 0.376 e. The molecule has 122 valence electrons. The van der Waals surface area contributed by atoms with E-state index < -0.39 is 0 Å². The van der Waals surface area contributed by atoms with Crippen LogP contribution in [-0.2, 0) is 0 Å². The molecule has 0 radical (unpaired) electrons. The van der Waals surface area contributed by atoms with Gasteiger partial charge in [-0.3, -0.25) is 0 Å². The molecule has 4 aromatic rings. The van der Waals surface area contributed by atoms with Crippen molar-refractivity contribution in [3.05, 3.63) is 73.1 Å². The summed E-state index contributed by atoms with van der Waals surface area (Å²) in [7, 11) is 0. The van der Waals surface area contributed by atoms with Crippen molar-refractivity contribution in [2.45, 2.75) is 0 Å². The second-order valence-corrected chi connectivity index (χ2v) is 6.00. The summed E-state index contributed by atoms with van der Waals surface area (Å²) in [6, 6.07) is 19.9. The standard InChI is InChI=1S/C19H15N5S/c20-19(25)23-15-8-4-7-14(11-15)17-9-10-21-18-16(12-22-24(17)18)13-5-2-1-3-6-13/h1-12H,(H3,20,23,25). The number of benzene rings is 2. The summed E-state index contributed by atoms with van der Waals surface area (Å²) in [4.78, 5) is 4.52. The Kier molecular flexibility index (Phi) is 3.87. The van der Waals surface area contributed by atoms with Gasteiger partial charge in [0, 0.05) is 23.0 Å². The Bertz CT molecular complexity index is 1060. The van der Waals surface area contributed by atoms with Gasteiger partial charge >= 0.3 is 0 Å². The molecule has 4 rings (SSSR count). The first kappa shape index (κ1) is 15.3. The summed E-state index contributed by atoms with van der Waals surface area (Å²) >= 11 is 4.91. The van der Waals surface area contributed by atoms with Crippen LogP contribution >= 0.6 is 12.2 Å². The number of nitrogens with one attached hydrogen (secondary N) is 1. The average molecular weight is 345 g/mol. The number of rotatable bonds is 3. The predicted molar refractivity (Wildman–Crippen MR) is 104 cm³/mol. The van der Waals surface area contributed by atoms with Gasteiger partial charge in [0.05, 0.1) is 11.9 Å². The van der Waals surface area contributed by atoms with Crippen molar-refractivity contribution in [3.63, 3.8) is 0 Å². The van der Waals surface area contributed by atoms with Gasteiger partial charge in [-0.05, 0) is 36.0 Å². The zero-order chi connectivity index (χ0) is 17.2. The number of anilines is 1. The van der Waals surface area contributed by atoms with Crippen LogP contribution in [0.3, 0.4) is 0 Å². The van der Waals surface area contributed by atoms with Crippen molar-refractivity contribution in [2.24, 2.45) is 5.73 Å². The van der Waals surface area contributed by atoms with Gasteiger partial charge < -0.3 is 11.1 Å². The molecule has 2 aromatic heterocycles. The van der Waals surface area contributed by atoms with E-state index in [1.165, 1.54) is 0 Å². The molecule has 0 atom stereocenters. The second-order valence-electron chi connectivity index (χ2n) is 5.56. The monoisotopic (exact) mass is 345 g/mol. The van der Waals surface area contributed by atoms with Gasteiger partial charge in [0.15, 0.2) is 10.8 Å². The van der Waals surface area contributed by atoms with E-state index in [1.54, 1.807) is 6.20 Å². The van der Waals surface area contributed by atoms with Crippen LogP contribution in [0, 0.1) is 0 Å². The van der Waals surface area contributed by atoms with E-state index in [9.17, 15) is 0 Å². The smallest absolute Gasteiger partial charge is 0.168 e. The summed E-state index contributed by atoms with van der Waals surface area (Å²) < 4.78 is 1.85. The van der Waals surface area contributed by atoms with Crippen LogP contribution in [0.1, 0.15) is 0 Å². The zero-order valence-electron chi connectivity index (χ0n) is 13.3. The maximum atomic E-state index is 5.56. The molecular formula is C19H15N5S. The van der Waals surface area contributed by atoms with E-state index >= 15 is 0 Å². The molecular weight excluding hydrogens is 330 g/mol. The molecule has 0 aliphatic rings. The molecule has 0 amide bonds. The SMILES string of the molecule is NC(=S)Nc1cccc(-c2ccnc3c(-c4ccccc4)cnn23)c1. The van der Waals surface area contributed by atoms with Crippen LogP contribution in [0.2, 0.25) is 0 Å². The normalized spacial score (nSPS) is 10.7. The second kappa shape index (κ2) is 6.33. The number of fused-ring (bicyclic) bond motifs is 1. The molecule has 0 aliphatic heterocycles. The van der Waals surface area contributed by atoms with Crippen LogP contribution in [0.25, 0.3) is 28.0 Å². The third kappa shape index (κ3) is 2.95. The lowest BCUT2D eigenvalue weighted by Gasteiger charge is -2.08.